The van der Waals surface area contributed by atoms with Crippen LogP contribution < -0.4 is 14.4 Å². The van der Waals surface area contributed by atoms with E-state index in [1.165, 1.54) is 55.6 Å². The van der Waals surface area contributed by atoms with Gasteiger partial charge in [0.25, 0.3) is 0 Å². The van der Waals surface area contributed by atoms with E-state index >= 15 is 0 Å². The first-order valence-corrected chi connectivity index (χ1v) is 24.5. The smallest absolute Gasteiger partial charge is 0.132 e. The average Bonchev–Trinajstić information content (AvgIpc) is 3.91. The summed E-state index contributed by atoms with van der Waals surface area (Å²) in [6.45, 7) is 0. The van der Waals surface area contributed by atoms with Gasteiger partial charge in [0, 0.05) is 39.1 Å². The van der Waals surface area contributed by atoms with Crippen molar-refractivity contribution in [1.82, 2.24) is 0 Å². The van der Waals surface area contributed by atoms with Crippen LogP contribution in [-0.4, -0.2) is 0 Å². The molecule has 3 heteroatoms. The maximum absolute atomic E-state index is 6.73. The van der Waals surface area contributed by atoms with Gasteiger partial charge in [-0.25, -0.2) is 0 Å². The number of hydrogen-bond donors (Lipinski definition) is 0. The zero-order valence-electron chi connectivity index (χ0n) is 38.6. The van der Waals surface area contributed by atoms with Gasteiger partial charge in [-0.15, -0.1) is 0 Å². The lowest BCUT2D eigenvalue weighted by Crippen LogP contribution is -2.32. The lowest BCUT2D eigenvalue weighted by Gasteiger charge is -2.39. The van der Waals surface area contributed by atoms with Crippen molar-refractivity contribution in [2.24, 2.45) is 0 Å². The third-order valence-corrected chi connectivity index (χ3v) is 15.6. The van der Waals surface area contributed by atoms with Gasteiger partial charge in [-0.2, -0.15) is 0 Å². The summed E-state index contributed by atoms with van der Waals surface area (Å²) in [6, 6.07) is 95.1. The molecule has 0 bridgehead atoms. The van der Waals surface area contributed by atoms with E-state index in [9.17, 15) is 0 Å². The lowest BCUT2D eigenvalue weighted by molar-refractivity contribution is 0.436. The highest BCUT2D eigenvalue weighted by Gasteiger charge is 2.53. The Balaban J connectivity index is 0.977. The molecular formula is C68H43NO2. The lowest BCUT2D eigenvalue weighted by atomic mass is 9.66. The topological polar surface area (TPSA) is 21.7 Å². The van der Waals surface area contributed by atoms with Gasteiger partial charge in [0.05, 0.1) is 22.2 Å². The first kappa shape index (κ1) is 39.8. The highest BCUT2D eigenvalue weighted by molar-refractivity contribution is 6.01. The molecule has 2 spiro atoms. The molecule has 0 radical (unpaired) electrons. The van der Waals surface area contributed by atoms with Crippen molar-refractivity contribution in [2.45, 2.75) is 10.8 Å². The van der Waals surface area contributed by atoms with Gasteiger partial charge in [-0.3, -0.25) is 0 Å². The van der Waals surface area contributed by atoms with Crippen molar-refractivity contribution < 1.29 is 9.47 Å². The monoisotopic (exact) mass is 905 g/mol. The van der Waals surface area contributed by atoms with Crippen LogP contribution in [0.4, 0.5) is 17.1 Å². The first-order chi connectivity index (χ1) is 35.2. The fourth-order valence-corrected chi connectivity index (χ4v) is 12.9. The van der Waals surface area contributed by atoms with Crippen molar-refractivity contribution >= 4 is 17.1 Å². The third kappa shape index (κ3) is 5.43. The molecule has 0 aromatic heterocycles. The Bertz CT molecular complexity index is 3870. The Kier molecular flexibility index (Phi) is 8.49. The Labute approximate surface area is 413 Å². The highest BCUT2D eigenvalue weighted by Crippen LogP contribution is 2.65. The number of benzene rings is 11. The number of ether oxygens (including phenoxy) is 2. The van der Waals surface area contributed by atoms with E-state index in [0.29, 0.717) is 0 Å². The van der Waals surface area contributed by atoms with Gasteiger partial charge in [-0.1, -0.05) is 206 Å². The molecule has 0 amide bonds. The minimum Gasteiger partial charge on any atom is -0.457 e. The fourth-order valence-electron chi connectivity index (χ4n) is 12.9. The van der Waals surface area contributed by atoms with Crippen LogP contribution in [0.2, 0.25) is 0 Å². The molecule has 0 saturated heterocycles. The van der Waals surface area contributed by atoms with Crippen LogP contribution >= 0.6 is 0 Å². The second-order valence-electron chi connectivity index (χ2n) is 19.0. The van der Waals surface area contributed by atoms with Crippen LogP contribution in [0.25, 0.3) is 44.5 Å². The van der Waals surface area contributed by atoms with Crippen molar-refractivity contribution in [3.8, 4) is 67.5 Å². The second kappa shape index (κ2) is 15.2. The highest BCUT2D eigenvalue weighted by atomic mass is 16.5. The van der Waals surface area contributed by atoms with Crippen molar-refractivity contribution in [3.63, 3.8) is 0 Å². The molecule has 0 unspecified atom stereocenters. The molecule has 11 aromatic carbocycles. The van der Waals surface area contributed by atoms with Crippen LogP contribution in [0.3, 0.4) is 0 Å². The maximum atomic E-state index is 6.73. The zero-order chi connectivity index (χ0) is 46.7. The molecule has 2 aliphatic heterocycles. The summed E-state index contributed by atoms with van der Waals surface area (Å²) in [5.74, 6) is 3.55. The standard InChI is InChI=1S/C68H43NO2/c1-2-19-44(20-3-1)45-37-40-47(41-38-45)69(61-32-18-30-59-66(61)50-23-5-8-25-53(50)68(59)57-28-11-16-35-64(57)71-65-36-17-12-29-58(65)68)60-31-13-6-21-48(60)46-39-42-54-51(43-46)49-22-4-7-24-52(49)67(54)55-26-9-14-33-62(55)70-63-34-15-10-27-56(63)67/h1-43H. The molecular weight excluding hydrogens is 863 g/mol. The quantitative estimate of drug-likeness (QED) is 0.172. The molecule has 0 saturated carbocycles. The number of fused-ring (bicyclic) bond motifs is 18. The van der Waals surface area contributed by atoms with Gasteiger partial charge < -0.3 is 14.4 Å². The van der Waals surface area contributed by atoms with Crippen molar-refractivity contribution in [3.05, 3.63) is 305 Å². The average molecular weight is 906 g/mol. The molecule has 71 heavy (non-hydrogen) atoms. The second-order valence-corrected chi connectivity index (χ2v) is 19.0. The van der Waals surface area contributed by atoms with Crippen LogP contribution in [0.1, 0.15) is 44.5 Å². The minimum atomic E-state index is -0.611. The molecule has 3 nitrogen and oxygen atoms in total. The predicted octanol–water partition coefficient (Wildman–Crippen LogP) is 17.4. The summed E-state index contributed by atoms with van der Waals surface area (Å²) in [5, 5.41) is 0. The molecule has 332 valence electrons. The molecule has 2 aliphatic carbocycles. The number of anilines is 3. The summed E-state index contributed by atoms with van der Waals surface area (Å²) in [4.78, 5) is 2.50. The number of hydrogen-bond acceptors (Lipinski definition) is 3. The van der Waals surface area contributed by atoms with Gasteiger partial charge in [0.15, 0.2) is 0 Å². The molecule has 0 atom stereocenters. The normalized spacial score (nSPS) is 14.1. The molecule has 11 aromatic rings. The summed E-state index contributed by atoms with van der Waals surface area (Å²) >= 11 is 0. The number of rotatable bonds is 5. The molecule has 2 heterocycles. The Hall–Kier alpha value is -9.18. The summed E-state index contributed by atoms with van der Waals surface area (Å²) in [6.07, 6.45) is 0. The first-order valence-electron chi connectivity index (χ1n) is 24.5. The van der Waals surface area contributed by atoms with Gasteiger partial charge in [0.1, 0.15) is 23.0 Å². The Morgan fingerprint density at radius 2 is 0.662 bits per heavy atom. The Morgan fingerprint density at radius 1 is 0.254 bits per heavy atom. The number of nitrogens with zero attached hydrogens (tertiary/aromatic N) is 1. The van der Waals surface area contributed by atoms with Crippen molar-refractivity contribution in [1.29, 1.82) is 0 Å². The van der Waals surface area contributed by atoms with E-state index in [4.69, 9.17) is 9.47 Å². The molecule has 0 fully saturated rings. The molecule has 15 rings (SSSR count). The van der Waals surface area contributed by atoms with Crippen molar-refractivity contribution in [2.75, 3.05) is 4.90 Å². The van der Waals surface area contributed by atoms with E-state index in [-0.39, 0.29) is 0 Å². The number of para-hydroxylation sites is 5. The van der Waals surface area contributed by atoms with Gasteiger partial charge in [0.2, 0.25) is 0 Å². The summed E-state index contributed by atoms with van der Waals surface area (Å²) in [7, 11) is 0. The van der Waals surface area contributed by atoms with E-state index < -0.39 is 10.8 Å². The maximum Gasteiger partial charge on any atom is 0.132 e. The predicted molar refractivity (Wildman–Crippen MR) is 287 cm³/mol. The van der Waals surface area contributed by atoms with E-state index in [1.54, 1.807) is 0 Å². The summed E-state index contributed by atoms with van der Waals surface area (Å²) < 4.78 is 13.4. The van der Waals surface area contributed by atoms with Crippen LogP contribution in [0.5, 0.6) is 23.0 Å². The molecule has 0 N–H and O–H groups in total. The largest absolute Gasteiger partial charge is 0.457 e. The van der Waals surface area contributed by atoms with E-state index in [2.05, 4.69) is 266 Å². The van der Waals surface area contributed by atoms with Crippen LogP contribution in [0.15, 0.2) is 261 Å². The van der Waals surface area contributed by atoms with E-state index in [0.717, 1.165) is 73.4 Å². The fraction of sp³-hybridized carbons (Fsp3) is 0.0294. The zero-order valence-corrected chi connectivity index (χ0v) is 38.6. The van der Waals surface area contributed by atoms with Crippen LogP contribution in [-0.2, 0) is 10.8 Å². The van der Waals surface area contributed by atoms with Crippen LogP contribution in [0, 0.1) is 0 Å². The molecule has 4 aliphatic rings. The minimum absolute atomic E-state index is 0.544. The SMILES string of the molecule is c1ccc(-c2ccc(N(c3ccccc3-c3ccc4c(c3)-c3ccccc3C43c4ccccc4Oc4ccccc43)c3cccc4c3-c3ccccc3C43c4ccccc4Oc4ccccc43)cc2)cc1. The Morgan fingerprint density at radius 3 is 1.27 bits per heavy atom. The third-order valence-electron chi connectivity index (χ3n) is 15.6. The van der Waals surface area contributed by atoms with E-state index in [1.807, 2.05) is 0 Å². The van der Waals surface area contributed by atoms with Gasteiger partial charge in [-0.05, 0) is 110 Å². The van der Waals surface area contributed by atoms with Gasteiger partial charge >= 0.3 is 0 Å². The summed E-state index contributed by atoms with van der Waals surface area (Å²) in [5.41, 5.74) is 21.2.